The quantitative estimate of drug-likeness (QED) is 0.829. The Bertz CT molecular complexity index is 567. The molecule has 1 atom stereocenters. The van der Waals surface area contributed by atoms with Crippen LogP contribution in [0.3, 0.4) is 0 Å². The third kappa shape index (κ3) is 3.49. The van der Waals surface area contributed by atoms with Crippen LogP contribution in [-0.4, -0.2) is 6.54 Å². The second kappa shape index (κ2) is 7.04. The third-order valence-corrected chi connectivity index (χ3v) is 4.17. The predicted octanol–water partition coefficient (Wildman–Crippen LogP) is 4.64. The van der Waals surface area contributed by atoms with Crippen molar-refractivity contribution in [3.05, 3.63) is 57.7 Å². The average molecular weight is 340 g/mol. The Morgan fingerprint density at radius 3 is 2.70 bits per heavy atom. The molecule has 0 aliphatic rings. The number of rotatable bonds is 6. The van der Waals surface area contributed by atoms with E-state index in [2.05, 4.69) is 35.1 Å². The van der Waals surface area contributed by atoms with Gasteiger partial charge in [0.25, 0.3) is 0 Å². The van der Waals surface area contributed by atoms with E-state index in [1.807, 2.05) is 18.2 Å². The fourth-order valence-electron chi connectivity index (χ4n) is 2.22. The normalized spacial score (nSPS) is 12.6. The number of furan rings is 1. The van der Waals surface area contributed by atoms with E-state index < -0.39 is 0 Å². The highest BCUT2D eigenvalue weighted by molar-refractivity contribution is 9.10. The minimum absolute atomic E-state index is 0.0541. The molecule has 0 saturated heterocycles. The van der Waals surface area contributed by atoms with Gasteiger partial charge in [-0.1, -0.05) is 26.0 Å². The number of benzene rings is 1. The number of hydrogen-bond donors (Lipinski definition) is 1. The van der Waals surface area contributed by atoms with Crippen molar-refractivity contribution < 1.29 is 8.81 Å². The van der Waals surface area contributed by atoms with E-state index in [1.54, 1.807) is 6.07 Å². The van der Waals surface area contributed by atoms with Gasteiger partial charge in [-0.3, -0.25) is 0 Å². The number of likely N-dealkylation sites (N-methyl/N-ethyl adjacent to an activating group) is 1. The highest BCUT2D eigenvalue weighted by Crippen LogP contribution is 2.27. The first-order valence-corrected chi connectivity index (χ1v) is 7.69. The van der Waals surface area contributed by atoms with Crippen molar-refractivity contribution >= 4 is 15.9 Å². The summed E-state index contributed by atoms with van der Waals surface area (Å²) in [6, 6.07) is 9.18. The minimum atomic E-state index is -0.230. The SMILES string of the molecule is CCNC(Cc1cccc(F)c1Br)c1ccc(CC)o1. The van der Waals surface area contributed by atoms with Gasteiger partial charge >= 0.3 is 0 Å². The van der Waals surface area contributed by atoms with Crippen LogP contribution in [0.1, 0.15) is 37.0 Å². The maximum Gasteiger partial charge on any atom is 0.137 e. The van der Waals surface area contributed by atoms with E-state index in [1.165, 1.54) is 6.07 Å². The molecule has 2 rings (SSSR count). The number of hydrogen-bond acceptors (Lipinski definition) is 2. The van der Waals surface area contributed by atoms with E-state index >= 15 is 0 Å². The topological polar surface area (TPSA) is 25.2 Å². The molecule has 0 amide bonds. The first-order chi connectivity index (χ1) is 9.65. The lowest BCUT2D eigenvalue weighted by Crippen LogP contribution is -2.22. The van der Waals surface area contributed by atoms with Gasteiger partial charge in [0.2, 0.25) is 0 Å². The molecule has 0 saturated carbocycles. The van der Waals surface area contributed by atoms with Crippen molar-refractivity contribution in [1.29, 1.82) is 0 Å². The Morgan fingerprint density at radius 1 is 1.25 bits per heavy atom. The summed E-state index contributed by atoms with van der Waals surface area (Å²) < 4.78 is 19.9. The Balaban J connectivity index is 2.23. The Hall–Kier alpha value is -1.13. The molecule has 0 bridgehead atoms. The van der Waals surface area contributed by atoms with Crippen molar-refractivity contribution in [2.24, 2.45) is 0 Å². The molecular weight excluding hydrogens is 321 g/mol. The van der Waals surface area contributed by atoms with Crippen LogP contribution in [0, 0.1) is 5.82 Å². The smallest absolute Gasteiger partial charge is 0.137 e. The summed E-state index contributed by atoms with van der Waals surface area (Å²) in [6.07, 6.45) is 1.56. The summed E-state index contributed by atoms with van der Waals surface area (Å²) >= 11 is 3.32. The lowest BCUT2D eigenvalue weighted by Gasteiger charge is -2.16. The molecule has 1 aromatic heterocycles. The molecule has 0 aliphatic heterocycles. The van der Waals surface area contributed by atoms with E-state index in [0.717, 1.165) is 30.0 Å². The molecule has 0 radical (unpaired) electrons. The summed E-state index contributed by atoms with van der Waals surface area (Å²) in [4.78, 5) is 0. The molecule has 0 aliphatic carbocycles. The fraction of sp³-hybridized carbons (Fsp3) is 0.375. The predicted molar refractivity (Wildman–Crippen MR) is 82.3 cm³/mol. The van der Waals surface area contributed by atoms with Crippen molar-refractivity contribution in [2.75, 3.05) is 6.54 Å². The van der Waals surface area contributed by atoms with Gasteiger partial charge in [-0.15, -0.1) is 0 Å². The zero-order valence-corrected chi connectivity index (χ0v) is 13.3. The first kappa shape index (κ1) is 15.3. The molecule has 1 unspecified atom stereocenters. The lowest BCUT2D eigenvalue weighted by atomic mass is 10.0. The number of nitrogens with one attached hydrogen (secondary N) is 1. The standard InChI is InChI=1S/C16H19BrFNO/c1-3-12-8-9-15(20-12)14(19-4-2)10-11-6-5-7-13(18)16(11)17/h5-9,14,19H,3-4,10H2,1-2H3. The molecular formula is C16H19BrFNO. The van der Waals surface area contributed by atoms with Crippen LogP contribution in [0.2, 0.25) is 0 Å². The van der Waals surface area contributed by atoms with Crippen LogP contribution >= 0.6 is 15.9 Å². The van der Waals surface area contributed by atoms with Gasteiger partial charge in [0.1, 0.15) is 17.3 Å². The summed E-state index contributed by atoms with van der Waals surface area (Å²) in [5.74, 6) is 1.65. The maximum absolute atomic E-state index is 13.6. The molecule has 4 heteroatoms. The summed E-state index contributed by atoms with van der Waals surface area (Å²) in [6.45, 7) is 4.95. The highest BCUT2D eigenvalue weighted by Gasteiger charge is 2.17. The first-order valence-electron chi connectivity index (χ1n) is 6.90. The summed E-state index contributed by atoms with van der Waals surface area (Å²) in [5.41, 5.74) is 0.936. The Kier molecular flexibility index (Phi) is 5.38. The molecule has 1 aromatic carbocycles. The van der Waals surface area contributed by atoms with Gasteiger partial charge in [0, 0.05) is 6.42 Å². The van der Waals surface area contributed by atoms with E-state index in [9.17, 15) is 4.39 Å². The molecule has 2 nitrogen and oxygen atoms in total. The van der Waals surface area contributed by atoms with Crippen LogP contribution in [0.5, 0.6) is 0 Å². The van der Waals surface area contributed by atoms with Crippen molar-refractivity contribution in [2.45, 2.75) is 32.7 Å². The zero-order valence-electron chi connectivity index (χ0n) is 11.7. The van der Waals surface area contributed by atoms with Crippen molar-refractivity contribution in [1.82, 2.24) is 5.32 Å². The van der Waals surface area contributed by atoms with Crippen molar-refractivity contribution in [3.63, 3.8) is 0 Å². The second-order valence-electron chi connectivity index (χ2n) is 4.68. The lowest BCUT2D eigenvalue weighted by molar-refractivity contribution is 0.396. The molecule has 108 valence electrons. The Morgan fingerprint density at radius 2 is 2.05 bits per heavy atom. The molecule has 1 N–H and O–H groups in total. The van der Waals surface area contributed by atoms with Gasteiger partial charge in [-0.05, 0) is 52.7 Å². The molecule has 2 aromatic rings. The molecule has 0 fully saturated rings. The monoisotopic (exact) mass is 339 g/mol. The molecule has 1 heterocycles. The van der Waals surface area contributed by atoms with E-state index in [-0.39, 0.29) is 11.9 Å². The van der Waals surface area contributed by atoms with Gasteiger partial charge in [-0.25, -0.2) is 4.39 Å². The van der Waals surface area contributed by atoms with E-state index in [4.69, 9.17) is 4.42 Å². The molecule has 20 heavy (non-hydrogen) atoms. The summed E-state index contributed by atoms with van der Waals surface area (Å²) in [7, 11) is 0. The Labute approximate surface area is 127 Å². The summed E-state index contributed by atoms with van der Waals surface area (Å²) in [5, 5.41) is 3.39. The zero-order chi connectivity index (χ0) is 14.5. The van der Waals surface area contributed by atoms with Crippen LogP contribution in [0.4, 0.5) is 4.39 Å². The fourth-order valence-corrected chi connectivity index (χ4v) is 2.64. The van der Waals surface area contributed by atoms with Gasteiger partial charge in [-0.2, -0.15) is 0 Å². The number of halogens is 2. The highest BCUT2D eigenvalue weighted by atomic mass is 79.9. The minimum Gasteiger partial charge on any atom is -0.464 e. The maximum atomic E-state index is 13.6. The second-order valence-corrected chi connectivity index (χ2v) is 5.48. The van der Waals surface area contributed by atoms with Crippen LogP contribution in [0.15, 0.2) is 39.2 Å². The molecule has 0 spiro atoms. The average Bonchev–Trinajstić information content (AvgIpc) is 2.92. The van der Waals surface area contributed by atoms with Gasteiger partial charge in [0.05, 0.1) is 10.5 Å². The van der Waals surface area contributed by atoms with Crippen LogP contribution in [-0.2, 0) is 12.8 Å². The van der Waals surface area contributed by atoms with Gasteiger partial charge < -0.3 is 9.73 Å². The van der Waals surface area contributed by atoms with Crippen LogP contribution < -0.4 is 5.32 Å². The van der Waals surface area contributed by atoms with Gasteiger partial charge in [0.15, 0.2) is 0 Å². The number of aryl methyl sites for hydroxylation is 1. The van der Waals surface area contributed by atoms with Crippen molar-refractivity contribution in [3.8, 4) is 0 Å². The van der Waals surface area contributed by atoms with Crippen LogP contribution in [0.25, 0.3) is 0 Å². The van der Waals surface area contributed by atoms with E-state index in [0.29, 0.717) is 10.9 Å². The largest absolute Gasteiger partial charge is 0.464 e. The third-order valence-electron chi connectivity index (χ3n) is 3.28.